The number of carbonyl (C=O) groups is 3. The molecule has 4 rings (SSSR count). The second-order valence-corrected chi connectivity index (χ2v) is 11.7. The molecule has 0 unspecified atom stereocenters. The number of aryl methyl sites for hydroxylation is 1. The molecule has 2 heterocycles. The zero-order chi connectivity index (χ0) is 32.0. The molecule has 44 heavy (non-hydrogen) atoms. The van der Waals surface area contributed by atoms with Crippen LogP contribution >= 0.6 is 11.3 Å². The molecule has 1 aliphatic heterocycles. The molecule has 234 valence electrons. The Balaban J connectivity index is 1.83. The highest BCUT2D eigenvalue weighted by Crippen LogP contribution is 2.45. The molecule has 0 spiro atoms. The molecule has 0 radical (unpaired) electrons. The first-order valence-electron chi connectivity index (χ1n) is 14.5. The van der Waals surface area contributed by atoms with Gasteiger partial charge in [-0.05, 0) is 67.6 Å². The number of Topliss-reactive ketones (excluding diaryl/α,β-unsaturated/α-hetero) is 1. The van der Waals surface area contributed by atoms with Gasteiger partial charge < -0.3 is 24.1 Å². The third kappa shape index (κ3) is 6.88. The third-order valence-corrected chi connectivity index (χ3v) is 8.29. The van der Waals surface area contributed by atoms with E-state index < -0.39 is 23.7 Å². The van der Waals surface area contributed by atoms with E-state index in [2.05, 4.69) is 25.8 Å². The number of ketones is 1. The van der Waals surface area contributed by atoms with Gasteiger partial charge in [-0.15, -0.1) is 0 Å². The molecular formula is C33H38N2O8S. The molecule has 11 heteroatoms. The molecular weight excluding hydrogens is 584 g/mol. The van der Waals surface area contributed by atoms with Crippen molar-refractivity contribution in [2.75, 3.05) is 32.3 Å². The normalized spacial score (nSPS) is 16.0. The number of amides is 1. The van der Waals surface area contributed by atoms with E-state index in [1.807, 2.05) is 0 Å². The van der Waals surface area contributed by atoms with Gasteiger partial charge in [-0.2, -0.15) is 0 Å². The van der Waals surface area contributed by atoms with Crippen molar-refractivity contribution < 1.29 is 38.4 Å². The molecule has 2 aromatic carbocycles. The maximum atomic E-state index is 13.6. The number of aliphatic hydroxyl groups is 1. The van der Waals surface area contributed by atoms with Crippen molar-refractivity contribution in [1.29, 1.82) is 0 Å². The van der Waals surface area contributed by atoms with Crippen molar-refractivity contribution in [3.63, 3.8) is 0 Å². The summed E-state index contributed by atoms with van der Waals surface area (Å²) in [5.74, 6) is -0.760. The van der Waals surface area contributed by atoms with Crippen LogP contribution in [0.5, 0.6) is 17.2 Å². The number of esters is 1. The van der Waals surface area contributed by atoms with Crippen molar-refractivity contribution in [2.45, 2.75) is 53.0 Å². The summed E-state index contributed by atoms with van der Waals surface area (Å²) >= 11 is 0.932. The standard InChI is InChI=1S/C33H38N2O8S/c1-7-8-16-42-23-12-9-21(10-13-23)28(36)26-27(22-11-14-24(25(18-22)40-5)43-17-15-19(2)3)35(31(38)29(26)37)33-34-20(4)30(44-33)32(39)41-6/h9-14,18-19,27,36H,7-8,15-17H2,1-6H3/t27-/m0/s1. The molecule has 1 atom stereocenters. The molecule has 1 amide bonds. The number of anilines is 1. The summed E-state index contributed by atoms with van der Waals surface area (Å²) in [6.07, 6.45) is 2.75. The van der Waals surface area contributed by atoms with Crippen LogP contribution in [0.1, 0.15) is 72.6 Å². The van der Waals surface area contributed by atoms with E-state index >= 15 is 0 Å². The van der Waals surface area contributed by atoms with Crippen LogP contribution in [0.15, 0.2) is 48.0 Å². The fourth-order valence-electron chi connectivity index (χ4n) is 4.69. The fraction of sp³-hybridized carbons (Fsp3) is 0.394. The molecule has 10 nitrogen and oxygen atoms in total. The third-order valence-electron chi connectivity index (χ3n) is 7.16. The van der Waals surface area contributed by atoms with Gasteiger partial charge >= 0.3 is 11.9 Å². The Labute approximate surface area is 261 Å². The zero-order valence-electron chi connectivity index (χ0n) is 25.8. The van der Waals surface area contributed by atoms with Gasteiger partial charge in [0.05, 0.1) is 44.7 Å². The molecule has 1 saturated heterocycles. The summed E-state index contributed by atoms with van der Waals surface area (Å²) in [7, 11) is 2.76. The quantitative estimate of drug-likeness (QED) is 0.0750. The van der Waals surface area contributed by atoms with Crippen molar-refractivity contribution in [2.24, 2.45) is 5.92 Å². The first-order chi connectivity index (χ1) is 21.1. The number of hydrogen-bond donors (Lipinski definition) is 1. The molecule has 0 aliphatic carbocycles. The number of aliphatic hydroxyl groups excluding tert-OH is 1. The molecule has 1 aliphatic rings. The van der Waals surface area contributed by atoms with Gasteiger partial charge in [0.2, 0.25) is 0 Å². The SMILES string of the molecule is CCCCOc1ccc(C(O)=C2C(=O)C(=O)N(c3nc(C)c(C(=O)OC)s3)[C@H]2c2ccc(OCCC(C)C)c(OC)c2)cc1. The number of aromatic nitrogens is 1. The lowest BCUT2D eigenvalue weighted by Gasteiger charge is -2.24. The summed E-state index contributed by atoms with van der Waals surface area (Å²) in [4.78, 5) is 45.5. The van der Waals surface area contributed by atoms with Gasteiger partial charge in [0.15, 0.2) is 16.6 Å². The van der Waals surface area contributed by atoms with Crippen molar-refractivity contribution in [3.8, 4) is 17.2 Å². The van der Waals surface area contributed by atoms with Gasteiger partial charge in [-0.3, -0.25) is 14.5 Å². The molecule has 1 fully saturated rings. The Kier molecular flexibility index (Phi) is 10.6. The molecule has 3 aromatic rings. The summed E-state index contributed by atoms with van der Waals surface area (Å²) in [6, 6.07) is 10.7. The average molecular weight is 623 g/mol. The number of thiazole rings is 1. The highest BCUT2D eigenvalue weighted by molar-refractivity contribution is 7.17. The number of hydrogen-bond acceptors (Lipinski definition) is 10. The van der Waals surface area contributed by atoms with Crippen LogP contribution in [0.2, 0.25) is 0 Å². The van der Waals surface area contributed by atoms with Crippen LogP contribution in [0.4, 0.5) is 5.13 Å². The van der Waals surface area contributed by atoms with Gasteiger partial charge in [-0.25, -0.2) is 9.78 Å². The first-order valence-corrected chi connectivity index (χ1v) is 15.3. The first kappa shape index (κ1) is 32.5. The second-order valence-electron chi connectivity index (χ2n) is 10.7. The van der Waals surface area contributed by atoms with Crippen LogP contribution in [0, 0.1) is 12.8 Å². The largest absolute Gasteiger partial charge is 0.507 e. The second kappa shape index (κ2) is 14.4. The molecule has 0 saturated carbocycles. The lowest BCUT2D eigenvalue weighted by Crippen LogP contribution is -2.29. The molecule has 0 bridgehead atoms. The van der Waals surface area contributed by atoms with Gasteiger partial charge in [0.1, 0.15) is 16.4 Å². The number of nitrogens with zero attached hydrogens (tertiary/aromatic N) is 2. The van der Waals surface area contributed by atoms with Crippen molar-refractivity contribution in [3.05, 3.63) is 69.7 Å². The van der Waals surface area contributed by atoms with Gasteiger partial charge in [0, 0.05) is 5.56 Å². The zero-order valence-corrected chi connectivity index (χ0v) is 26.7. The van der Waals surface area contributed by atoms with Crippen LogP contribution in [-0.4, -0.2) is 55.2 Å². The maximum absolute atomic E-state index is 13.6. The topological polar surface area (TPSA) is 124 Å². The highest BCUT2D eigenvalue weighted by atomic mass is 32.1. The van der Waals surface area contributed by atoms with Crippen LogP contribution in [-0.2, 0) is 14.3 Å². The van der Waals surface area contributed by atoms with Gasteiger partial charge in [-0.1, -0.05) is 44.6 Å². The van der Waals surface area contributed by atoms with E-state index in [1.165, 1.54) is 19.1 Å². The smallest absolute Gasteiger partial charge is 0.350 e. The summed E-state index contributed by atoms with van der Waals surface area (Å²) in [5.41, 5.74) is 1.04. The molecule has 1 aromatic heterocycles. The predicted molar refractivity (Wildman–Crippen MR) is 168 cm³/mol. The molecule has 1 N–H and O–H groups in total. The lowest BCUT2D eigenvalue weighted by molar-refractivity contribution is -0.132. The maximum Gasteiger partial charge on any atom is 0.350 e. The van der Waals surface area contributed by atoms with E-state index in [0.717, 1.165) is 30.6 Å². The Morgan fingerprint density at radius 3 is 2.41 bits per heavy atom. The van der Waals surface area contributed by atoms with E-state index in [0.29, 0.717) is 53.2 Å². The van der Waals surface area contributed by atoms with E-state index in [1.54, 1.807) is 49.4 Å². The fourth-order valence-corrected chi connectivity index (χ4v) is 5.70. The number of ether oxygens (including phenoxy) is 4. The number of benzene rings is 2. The van der Waals surface area contributed by atoms with Crippen LogP contribution < -0.4 is 19.1 Å². The minimum Gasteiger partial charge on any atom is -0.507 e. The van der Waals surface area contributed by atoms with Crippen molar-refractivity contribution in [1.82, 2.24) is 4.98 Å². The summed E-state index contributed by atoms with van der Waals surface area (Å²) in [6.45, 7) is 8.94. The van der Waals surface area contributed by atoms with Crippen LogP contribution in [0.25, 0.3) is 5.76 Å². The van der Waals surface area contributed by atoms with Crippen LogP contribution in [0.3, 0.4) is 0 Å². The number of unbranched alkanes of at least 4 members (excludes halogenated alkanes) is 1. The Bertz CT molecular complexity index is 1540. The Morgan fingerprint density at radius 2 is 1.77 bits per heavy atom. The van der Waals surface area contributed by atoms with E-state index in [4.69, 9.17) is 18.9 Å². The van der Waals surface area contributed by atoms with E-state index in [-0.39, 0.29) is 21.3 Å². The number of rotatable bonds is 13. The Morgan fingerprint density at radius 1 is 1.05 bits per heavy atom. The number of carbonyl (C=O) groups excluding carboxylic acids is 3. The van der Waals surface area contributed by atoms with E-state index in [9.17, 15) is 19.5 Å². The summed E-state index contributed by atoms with van der Waals surface area (Å²) in [5, 5.41) is 11.7. The minimum atomic E-state index is -1.08. The predicted octanol–water partition coefficient (Wildman–Crippen LogP) is 6.48. The van der Waals surface area contributed by atoms with Crippen molar-refractivity contribution >= 4 is 39.9 Å². The lowest BCUT2D eigenvalue weighted by atomic mass is 9.95. The Hall–Kier alpha value is -4.38. The summed E-state index contributed by atoms with van der Waals surface area (Å²) < 4.78 is 22.2. The minimum absolute atomic E-state index is 0.116. The van der Waals surface area contributed by atoms with Gasteiger partial charge in [0.25, 0.3) is 5.78 Å². The monoisotopic (exact) mass is 622 g/mol. The number of methoxy groups -OCH3 is 2. The average Bonchev–Trinajstić information content (AvgIpc) is 3.52. The highest BCUT2D eigenvalue weighted by Gasteiger charge is 2.48.